The lowest BCUT2D eigenvalue weighted by molar-refractivity contribution is 0.0947. The number of pyridine rings is 1. The maximum absolute atomic E-state index is 12.8. The number of rotatable bonds is 6. The van der Waals surface area contributed by atoms with Crippen LogP contribution < -0.4 is 15.4 Å². The third kappa shape index (κ3) is 4.28. The Bertz CT molecular complexity index is 1200. The van der Waals surface area contributed by atoms with Crippen LogP contribution >= 0.6 is 23.2 Å². The van der Waals surface area contributed by atoms with Gasteiger partial charge in [0.2, 0.25) is 0 Å². The van der Waals surface area contributed by atoms with Gasteiger partial charge in [-0.2, -0.15) is 0 Å². The summed E-state index contributed by atoms with van der Waals surface area (Å²) in [4.78, 5) is 22.9. The summed E-state index contributed by atoms with van der Waals surface area (Å²) >= 11 is 12.7. The monoisotopic (exact) mass is 485 g/mol. The first-order valence-corrected chi connectivity index (χ1v) is 11.8. The second-order valence-electron chi connectivity index (χ2n) is 8.42. The molecule has 4 heterocycles. The number of benzene rings is 1. The molecule has 0 aliphatic carbocycles. The van der Waals surface area contributed by atoms with E-state index < -0.39 is 0 Å². The first-order chi connectivity index (χ1) is 16.0. The number of likely N-dealkylation sites (N-methyl/N-ethyl adjacent to an activating group) is 1. The van der Waals surface area contributed by atoms with Gasteiger partial charge in [0.1, 0.15) is 12.4 Å². The Labute approximate surface area is 202 Å². The molecule has 172 valence electrons. The van der Waals surface area contributed by atoms with Gasteiger partial charge in [0.25, 0.3) is 5.91 Å². The lowest BCUT2D eigenvalue weighted by Gasteiger charge is -2.21. The third-order valence-electron chi connectivity index (χ3n) is 6.33. The number of aromatic amines is 1. The molecule has 0 spiro atoms. The van der Waals surface area contributed by atoms with E-state index in [1.165, 1.54) is 6.42 Å². The highest BCUT2D eigenvalue weighted by molar-refractivity contribution is 6.43. The highest BCUT2D eigenvalue weighted by Crippen LogP contribution is 2.42. The van der Waals surface area contributed by atoms with Gasteiger partial charge in [-0.25, -0.2) is 0 Å². The van der Waals surface area contributed by atoms with Gasteiger partial charge in [0.15, 0.2) is 0 Å². The minimum Gasteiger partial charge on any atom is -0.490 e. The van der Waals surface area contributed by atoms with Crippen LogP contribution in [0, 0.1) is 0 Å². The fourth-order valence-electron chi connectivity index (χ4n) is 4.52. The molecule has 1 amide bonds. The van der Waals surface area contributed by atoms with Crippen molar-refractivity contribution in [3.05, 3.63) is 58.0 Å². The van der Waals surface area contributed by atoms with E-state index >= 15 is 0 Å². The van der Waals surface area contributed by atoms with Crippen LogP contribution in [0.25, 0.3) is 11.3 Å². The van der Waals surface area contributed by atoms with Crippen LogP contribution in [-0.2, 0) is 6.42 Å². The molecule has 2 aromatic heterocycles. The van der Waals surface area contributed by atoms with Crippen LogP contribution in [0.5, 0.6) is 5.75 Å². The molecule has 2 aliphatic rings. The molecule has 0 radical (unpaired) electrons. The van der Waals surface area contributed by atoms with Crippen LogP contribution in [0.4, 0.5) is 11.4 Å². The average Bonchev–Trinajstić information content (AvgIpc) is 3.39. The molecular weight excluding hydrogens is 461 g/mol. The SMILES string of the molecule is CN1CCCC1COc1cnccc1-c1[nH]c2c(c1Nc1cccc(Cl)c1Cl)C(=O)NCC2. The van der Waals surface area contributed by atoms with E-state index in [1.807, 2.05) is 18.2 Å². The number of fused-ring (bicyclic) bond motifs is 1. The van der Waals surface area contributed by atoms with Gasteiger partial charge >= 0.3 is 0 Å². The number of amides is 1. The number of H-pyrrole nitrogens is 1. The van der Waals surface area contributed by atoms with Crippen LogP contribution in [0.2, 0.25) is 10.0 Å². The van der Waals surface area contributed by atoms with Gasteiger partial charge in [0, 0.05) is 36.5 Å². The van der Waals surface area contributed by atoms with Gasteiger partial charge in [-0.15, -0.1) is 0 Å². The van der Waals surface area contributed by atoms with Gasteiger partial charge in [-0.05, 0) is 44.6 Å². The molecule has 9 heteroatoms. The van der Waals surface area contributed by atoms with Gasteiger partial charge in [-0.1, -0.05) is 29.3 Å². The van der Waals surface area contributed by atoms with Crippen molar-refractivity contribution in [2.24, 2.45) is 0 Å². The minimum atomic E-state index is -0.136. The summed E-state index contributed by atoms with van der Waals surface area (Å²) in [5.74, 6) is 0.528. The molecule has 1 atom stereocenters. The third-order valence-corrected chi connectivity index (χ3v) is 7.15. The summed E-state index contributed by atoms with van der Waals surface area (Å²) in [5.41, 5.74) is 4.28. The van der Waals surface area contributed by atoms with E-state index in [-0.39, 0.29) is 5.91 Å². The zero-order chi connectivity index (χ0) is 22.9. The first-order valence-electron chi connectivity index (χ1n) is 11.0. The lowest BCUT2D eigenvalue weighted by atomic mass is 10.0. The van der Waals surface area contributed by atoms with Crippen molar-refractivity contribution >= 4 is 40.5 Å². The first kappa shape index (κ1) is 22.1. The molecule has 1 fully saturated rings. The fourth-order valence-corrected chi connectivity index (χ4v) is 4.87. The molecule has 3 aromatic rings. The number of aromatic nitrogens is 2. The van der Waals surface area contributed by atoms with Crippen LogP contribution in [0.3, 0.4) is 0 Å². The minimum absolute atomic E-state index is 0.136. The van der Waals surface area contributed by atoms with Crippen molar-refractivity contribution in [3.8, 4) is 17.0 Å². The van der Waals surface area contributed by atoms with Crippen molar-refractivity contribution in [1.82, 2.24) is 20.2 Å². The van der Waals surface area contributed by atoms with Crippen LogP contribution in [0.15, 0.2) is 36.7 Å². The summed E-state index contributed by atoms with van der Waals surface area (Å²) in [6, 6.07) is 7.65. The quantitative estimate of drug-likeness (QED) is 0.463. The zero-order valence-corrected chi connectivity index (χ0v) is 19.8. The van der Waals surface area contributed by atoms with E-state index in [2.05, 4.69) is 32.5 Å². The van der Waals surface area contributed by atoms with Gasteiger partial charge in [0.05, 0.1) is 38.9 Å². The molecule has 5 rings (SSSR count). The summed E-state index contributed by atoms with van der Waals surface area (Å²) < 4.78 is 6.25. The molecule has 1 unspecified atom stereocenters. The molecule has 7 nitrogen and oxygen atoms in total. The number of carbonyl (C=O) groups excluding carboxylic acids is 1. The smallest absolute Gasteiger partial charge is 0.255 e. The van der Waals surface area contributed by atoms with Crippen LogP contribution in [0.1, 0.15) is 28.9 Å². The molecule has 1 aromatic carbocycles. The molecule has 33 heavy (non-hydrogen) atoms. The van der Waals surface area contributed by atoms with E-state index in [4.69, 9.17) is 27.9 Å². The maximum Gasteiger partial charge on any atom is 0.255 e. The summed E-state index contributed by atoms with van der Waals surface area (Å²) in [7, 11) is 2.12. The molecular formula is C24H25Cl2N5O2. The van der Waals surface area contributed by atoms with E-state index in [0.717, 1.165) is 29.9 Å². The van der Waals surface area contributed by atoms with E-state index in [9.17, 15) is 4.79 Å². The molecule has 2 aliphatic heterocycles. The number of likely N-dealkylation sites (tertiary alicyclic amines) is 1. The van der Waals surface area contributed by atoms with E-state index in [1.54, 1.807) is 18.5 Å². The zero-order valence-electron chi connectivity index (χ0n) is 18.3. The predicted molar refractivity (Wildman–Crippen MR) is 131 cm³/mol. The number of nitrogens with zero attached hydrogens (tertiary/aromatic N) is 2. The standard InChI is InChI=1S/C24H25Cl2N5O2/c1-31-11-3-4-14(31)13-33-19-12-27-9-7-15(19)22-23(20-17(29-22)8-10-28-24(20)32)30-18-6-2-5-16(25)21(18)26/h2,5-7,9,12,14,29-30H,3-4,8,10-11,13H2,1H3,(H,28,32). The predicted octanol–water partition coefficient (Wildman–Crippen LogP) is 4.89. The number of ether oxygens (including phenoxy) is 1. The van der Waals surface area contributed by atoms with Gasteiger partial charge in [-0.3, -0.25) is 9.78 Å². The second-order valence-corrected chi connectivity index (χ2v) is 9.21. The normalized spacial score (nSPS) is 18.2. The second kappa shape index (κ2) is 9.25. The van der Waals surface area contributed by atoms with Crippen molar-refractivity contribution < 1.29 is 9.53 Å². The van der Waals surface area contributed by atoms with Crippen molar-refractivity contribution in [2.45, 2.75) is 25.3 Å². The van der Waals surface area contributed by atoms with Crippen LogP contribution in [-0.4, -0.2) is 53.6 Å². The number of hydrogen-bond donors (Lipinski definition) is 3. The Morgan fingerprint density at radius 2 is 2.18 bits per heavy atom. The molecule has 0 saturated carbocycles. The Balaban J connectivity index is 1.56. The molecule has 3 N–H and O–H groups in total. The number of anilines is 2. The highest BCUT2D eigenvalue weighted by atomic mass is 35.5. The number of nitrogens with one attached hydrogen (secondary N) is 3. The lowest BCUT2D eigenvalue weighted by Crippen LogP contribution is -2.31. The maximum atomic E-state index is 12.8. The Kier molecular flexibility index (Phi) is 6.19. The highest BCUT2D eigenvalue weighted by Gasteiger charge is 2.29. The number of carbonyl (C=O) groups is 1. The fraction of sp³-hybridized carbons (Fsp3) is 0.333. The van der Waals surface area contributed by atoms with Gasteiger partial charge < -0.3 is 25.3 Å². The van der Waals surface area contributed by atoms with E-state index in [0.29, 0.717) is 58.3 Å². The molecule has 0 bridgehead atoms. The van der Waals surface area contributed by atoms with Crippen molar-refractivity contribution in [1.29, 1.82) is 0 Å². The van der Waals surface area contributed by atoms with Crippen molar-refractivity contribution in [3.63, 3.8) is 0 Å². The number of halogens is 2. The summed E-state index contributed by atoms with van der Waals surface area (Å²) in [5, 5.41) is 7.12. The average molecular weight is 486 g/mol. The summed E-state index contributed by atoms with van der Waals surface area (Å²) in [6.07, 6.45) is 6.44. The van der Waals surface area contributed by atoms with Crippen molar-refractivity contribution in [2.75, 3.05) is 32.1 Å². The largest absolute Gasteiger partial charge is 0.490 e. The summed E-state index contributed by atoms with van der Waals surface area (Å²) in [6.45, 7) is 2.25. The Morgan fingerprint density at radius 1 is 1.30 bits per heavy atom. The number of hydrogen-bond acceptors (Lipinski definition) is 5. The topological polar surface area (TPSA) is 82.3 Å². The molecule has 1 saturated heterocycles. The Hall–Kier alpha value is -2.74. The Morgan fingerprint density at radius 3 is 3.00 bits per heavy atom.